The van der Waals surface area contributed by atoms with Crippen LogP contribution in [-0.4, -0.2) is 73.8 Å². The minimum Gasteiger partial charge on any atom is -0.378 e. The molecule has 0 amide bonds. The van der Waals surface area contributed by atoms with Gasteiger partial charge >= 0.3 is 0 Å². The summed E-state index contributed by atoms with van der Waals surface area (Å²) in [5.74, 6) is 1.37. The minimum atomic E-state index is 0.360. The highest BCUT2D eigenvalue weighted by Gasteiger charge is 2.17. The van der Waals surface area contributed by atoms with Crippen molar-refractivity contribution >= 4 is 51.4 Å². The van der Waals surface area contributed by atoms with E-state index in [-0.39, 0.29) is 0 Å². The second-order valence-corrected chi connectivity index (χ2v) is 9.41. The SMILES string of the molecule is Cc1ccc(Nc2nc(NN=Cc3ccc(N4CCOCC4)cc3)nc(N3CCOCC3)n2)c(Br)c1. The minimum absolute atomic E-state index is 0.360. The van der Waals surface area contributed by atoms with Gasteiger partial charge in [-0.2, -0.15) is 20.1 Å². The molecule has 2 aromatic carbocycles. The van der Waals surface area contributed by atoms with Crippen LogP contribution in [0.15, 0.2) is 52.0 Å². The summed E-state index contributed by atoms with van der Waals surface area (Å²) in [6.45, 7) is 8.12. The largest absolute Gasteiger partial charge is 0.378 e. The zero-order valence-electron chi connectivity index (χ0n) is 20.2. The van der Waals surface area contributed by atoms with Crippen LogP contribution in [-0.2, 0) is 9.47 Å². The molecule has 0 atom stereocenters. The molecule has 2 aliphatic rings. The van der Waals surface area contributed by atoms with Gasteiger partial charge in [0.25, 0.3) is 0 Å². The highest BCUT2D eigenvalue weighted by Crippen LogP contribution is 2.26. The van der Waals surface area contributed by atoms with Gasteiger partial charge in [-0.3, -0.25) is 0 Å². The first-order chi connectivity index (χ1) is 17.6. The van der Waals surface area contributed by atoms with E-state index in [4.69, 9.17) is 9.47 Å². The first kappa shape index (κ1) is 24.4. The van der Waals surface area contributed by atoms with E-state index >= 15 is 0 Å². The topological polar surface area (TPSA) is 100 Å². The van der Waals surface area contributed by atoms with Crippen LogP contribution in [0.2, 0.25) is 0 Å². The number of anilines is 5. The van der Waals surface area contributed by atoms with Crippen LogP contribution in [0.25, 0.3) is 0 Å². The van der Waals surface area contributed by atoms with Crippen LogP contribution >= 0.6 is 15.9 Å². The van der Waals surface area contributed by atoms with Gasteiger partial charge in [-0.15, -0.1) is 0 Å². The number of hydrazone groups is 1. The molecule has 0 unspecified atom stereocenters. The zero-order valence-corrected chi connectivity index (χ0v) is 21.7. The number of morpholine rings is 2. The van der Waals surface area contributed by atoms with Gasteiger partial charge in [0.2, 0.25) is 17.8 Å². The molecule has 188 valence electrons. The average Bonchev–Trinajstić information content (AvgIpc) is 2.92. The number of ether oxygens (including phenoxy) is 2. The van der Waals surface area contributed by atoms with Crippen LogP contribution in [0.1, 0.15) is 11.1 Å². The van der Waals surface area contributed by atoms with Crippen LogP contribution in [0.5, 0.6) is 0 Å². The van der Waals surface area contributed by atoms with Crippen molar-refractivity contribution in [3.05, 3.63) is 58.1 Å². The maximum Gasteiger partial charge on any atom is 0.250 e. The second-order valence-electron chi connectivity index (χ2n) is 8.55. The van der Waals surface area contributed by atoms with E-state index < -0.39 is 0 Å². The molecule has 1 aromatic heterocycles. The number of aromatic nitrogens is 3. The van der Waals surface area contributed by atoms with E-state index in [1.54, 1.807) is 6.21 Å². The standard InChI is InChI=1S/C25H29BrN8O2/c1-18-2-7-22(21(26)16-18)28-23-29-24(31-25(30-23)34-10-14-36-15-11-34)32-27-17-19-3-5-20(6-4-19)33-8-12-35-13-9-33/h2-7,16-17H,8-15H2,1H3,(H2,28,29,30,31,32). The fourth-order valence-corrected chi connectivity index (χ4v) is 4.57. The van der Waals surface area contributed by atoms with E-state index in [9.17, 15) is 0 Å². The Kier molecular flexibility index (Phi) is 7.89. The van der Waals surface area contributed by atoms with Gasteiger partial charge in [-0.25, -0.2) is 5.43 Å². The van der Waals surface area contributed by atoms with Gasteiger partial charge in [0.05, 0.1) is 38.3 Å². The van der Waals surface area contributed by atoms with Crippen molar-refractivity contribution in [2.24, 2.45) is 5.10 Å². The Labute approximate surface area is 218 Å². The number of hydrogen-bond donors (Lipinski definition) is 2. The fraction of sp³-hybridized carbons (Fsp3) is 0.360. The van der Waals surface area contributed by atoms with E-state index in [0.29, 0.717) is 31.1 Å². The monoisotopic (exact) mass is 552 g/mol. The number of hydrogen-bond acceptors (Lipinski definition) is 10. The normalized spacial score (nSPS) is 16.4. The molecule has 3 heterocycles. The Hall–Kier alpha value is -3.28. The highest BCUT2D eigenvalue weighted by atomic mass is 79.9. The quantitative estimate of drug-likeness (QED) is 0.334. The second kappa shape index (κ2) is 11.6. The third-order valence-electron chi connectivity index (χ3n) is 5.94. The lowest BCUT2D eigenvalue weighted by atomic mass is 10.2. The van der Waals surface area contributed by atoms with Gasteiger partial charge in [0.15, 0.2) is 0 Å². The van der Waals surface area contributed by atoms with E-state index in [2.05, 4.69) is 68.7 Å². The molecule has 5 rings (SSSR count). The van der Waals surface area contributed by atoms with Crippen LogP contribution in [0, 0.1) is 6.92 Å². The molecular formula is C25H29BrN8O2. The summed E-state index contributed by atoms with van der Waals surface area (Å²) in [5.41, 5.74) is 7.16. The maximum atomic E-state index is 5.48. The average molecular weight is 553 g/mol. The summed E-state index contributed by atoms with van der Waals surface area (Å²) in [5, 5.41) is 7.67. The Bertz CT molecular complexity index is 1200. The Morgan fingerprint density at radius 3 is 2.22 bits per heavy atom. The number of halogens is 1. The molecule has 0 spiro atoms. The summed E-state index contributed by atoms with van der Waals surface area (Å²) < 4.78 is 11.9. The lowest BCUT2D eigenvalue weighted by molar-refractivity contribution is 0.122. The number of benzene rings is 2. The van der Waals surface area contributed by atoms with Crippen molar-refractivity contribution in [1.29, 1.82) is 0 Å². The smallest absolute Gasteiger partial charge is 0.250 e. The molecule has 2 saturated heterocycles. The first-order valence-electron chi connectivity index (χ1n) is 12.0. The molecule has 10 nitrogen and oxygen atoms in total. The Morgan fingerprint density at radius 1 is 0.861 bits per heavy atom. The van der Waals surface area contributed by atoms with Gasteiger partial charge in [-0.05, 0) is 58.2 Å². The van der Waals surface area contributed by atoms with Crippen LogP contribution in [0.4, 0.5) is 29.2 Å². The molecule has 2 aliphatic heterocycles. The number of nitrogens with zero attached hydrogens (tertiary/aromatic N) is 6. The van der Waals surface area contributed by atoms with E-state index in [1.807, 2.05) is 37.3 Å². The molecule has 36 heavy (non-hydrogen) atoms. The molecule has 0 bridgehead atoms. The molecule has 0 saturated carbocycles. The molecule has 3 aromatic rings. The van der Waals surface area contributed by atoms with Crippen LogP contribution in [0.3, 0.4) is 0 Å². The van der Waals surface area contributed by atoms with E-state index in [0.717, 1.165) is 60.7 Å². The summed E-state index contributed by atoms with van der Waals surface area (Å²) in [4.78, 5) is 18.2. The van der Waals surface area contributed by atoms with Crippen molar-refractivity contribution < 1.29 is 9.47 Å². The van der Waals surface area contributed by atoms with Gasteiger partial charge in [0.1, 0.15) is 0 Å². The number of rotatable bonds is 7. The Balaban J connectivity index is 1.31. The van der Waals surface area contributed by atoms with Crippen molar-refractivity contribution in [2.45, 2.75) is 6.92 Å². The fourth-order valence-electron chi connectivity index (χ4n) is 3.97. The number of aryl methyl sites for hydroxylation is 1. The summed E-state index contributed by atoms with van der Waals surface area (Å²) in [7, 11) is 0. The first-order valence-corrected chi connectivity index (χ1v) is 12.8. The molecule has 2 N–H and O–H groups in total. The third-order valence-corrected chi connectivity index (χ3v) is 6.59. The zero-order chi connectivity index (χ0) is 24.7. The molecule has 2 fully saturated rings. The summed E-state index contributed by atoms with van der Waals surface area (Å²) in [6.07, 6.45) is 1.75. The third kappa shape index (κ3) is 6.28. The number of nitrogens with one attached hydrogen (secondary N) is 2. The lowest BCUT2D eigenvalue weighted by Gasteiger charge is -2.28. The highest BCUT2D eigenvalue weighted by molar-refractivity contribution is 9.10. The van der Waals surface area contributed by atoms with Crippen molar-refractivity contribution in [3.8, 4) is 0 Å². The molecule has 0 aliphatic carbocycles. The predicted molar refractivity (Wildman–Crippen MR) is 146 cm³/mol. The maximum absolute atomic E-state index is 5.48. The van der Waals surface area contributed by atoms with Gasteiger partial charge in [-0.1, -0.05) is 18.2 Å². The predicted octanol–water partition coefficient (Wildman–Crippen LogP) is 3.81. The molecule has 11 heteroatoms. The summed E-state index contributed by atoms with van der Waals surface area (Å²) >= 11 is 3.61. The van der Waals surface area contributed by atoms with E-state index in [1.165, 1.54) is 5.69 Å². The Morgan fingerprint density at radius 2 is 1.53 bits per heavy atom. The molecule has 0 radical (unpaired) electrons. The summed E-state index contributed by atoms with van der Waals surface area (Å²) in [6, 6.07) is 14.4. The van der Waals surface area contributed by atoms with Gasteiger partial charge < -0.3 is 24.6 Å². The van der Waals surface area contributed by atoms with Gasteiger partial charge in [0, 0.05) is 36.3 Å². The lowest BCUT2D eigenvalue weighted by Crippen LogP contribution is -2.37. The molecular weight excluding hydrogens is 524 g/mol. The van der Waals surface area contributed by atoms with Crippen molar-refractivity contribution in [2.75, 3.05) is 73.1 Å². The van der Waals surface area contributed by atoms with Crippen molar-refractivity contribution in [3.63, 3.8) is 0 Å². The van der Waals surface area contributed by atoms with Crippen LogP contribution < -0.4 is 20.5 Å². The van der Waals surface area contributed by atoms with Crippen molar-refractivity contribution in [1.82, 2.24) is 15.0 Å².